The molecule has 0 unspecified atom stereocenters. The first-order chi connectivity index (χ1) is 16.1. The van der Waals surface area contributed by atoms with Crippen LogP contribution in [0.5, 0.6) is 17.2 Å². The van der Waals surface area contributed by atoms with Crippen molar-refractivity contribution in [2.45, 2.75) is 6.42 Å². The van der Waals surface area contributed by atoms with Crippen molar-refractivity contribution in [3.63, 3.8) is 0 Å². The number of benzene rings is 3. The Kier molecular flexibility index (Phi) is 7.32. The molecule has 4 rings (SSSR count). The van der Waals surface area contributed by atoms with Gasteiger partial charge in [-0.15, -0.1) is 0 Å². The van der Waals surface area contributed by atoms with Crippen molar-refractivity contribution in [3.05, 3.63) is 77.8 Å². The molecule has 7 nitrogen and oxygen atoms in total. The molecule has 3 aromatic rings. The highest BCUT2D eigenvalue weighted by Crippen LogP contribution is 2.34. The van der Waals surface area contributed by atoms with Crippen molar-refractivity contribution >= 4 is 34.8 Å². The van der Waals surface area contributed by atoms with Crippen LogP contribution in [0, 0.1) is 0 Å². The molecule has 170 valence electrons. The van der Waals surface area contributed by atoms with Gasteiger partial charge in [0, 0.05) is 10.7 Å². The van der Waals surface area contributed by atoms with E-state index >= 15 is 0 Å². The molecule has 0 aromatic heterocycles. The van der Waals surface area contributed by atoms with E-state index in [9.17, 15) is 9.59 Å². The van der Waals surface area contributed by atoms with E-state index < -0.39 is 0 Å². The minimum Gasteiger partial charge on any atom is -0.493 e. The van der Waals surface area contributed by atoms with Gasteiger partial charge in [-0.3, -0.25) is 9.59 Å². The number of rotatable bonds is 9. The molecule has 33 heavy (non-hydrogen) atoms. The van der Waals surface area contributed by atoms with Crippen molar-refractivity contribution in [2.75, 3.05) is 36.6 Å². The molecule has 0 bridgehead atoms. The first-order valence-corrected chi connectivity index (χ1v) is 10.9. The number of anilines is 2. The van der Waals surface area contributed by atoms with Crippen LogP contribution >= 0.6 is 11.6 Å². The average Bonchev–Trinajstić information content (AvgIpc) is 2.82. The second-order valence-corrected chi connectivity index (χ2v) is 7.72. The van der Waals surface area contributed by atoms with E-state index in [4.69, 9.17) is 25.8 Å². The van der Waals surface area contributed by atoms with Crippen LogP contribution in [0.2, 0.25) is 5.02 Å². The number of para-hydroxylation sites is 1. The van der Waals surface area contributed by atoms with E-state index in [2.05, 4.69) is 5.32 Å². The molecule has 0 fully saturated rings. The van der Waals surface area contributed by atoms with Crippen molar-refractivity contribution < 1.29 is 23.8 Å². The molecule has 1 aliphatic heterocycles. The highest BCUT2D eigenvalue weighted by atomic mass is 35.5. The number of carbonyl (C=O) groups is 2. The number of hydrogen-bond donors (Lipinski definition) is 1. The van der Waals surface area contributed by atoms with Crippen molar-refractivity contribution in [1.82, 2.24) is 0 Å². The molecule has 8 heteroatoms. The highest BCUT2D eigenvalue weighted by molar-refractivity contribution is 6.30. The number of fused-ring (bicyclic) bond motifs is 1. The van der Waals surface area contributed by atoms with Crippen LogP contribution in [0.25, 0.3) is 0 Å². The van der Waals surface area contributed by atoms with E-state index in [0.29, 0.717) is 46.8 Å². The van der Waals surface area contributed by atoms with E-state index in [1.807, 2.05) is 30.3 Å². The minimum absolute atomic E-state index is 0.0452. The number of hydrogen-bond acceptors (Lipinski definition) is 5. The molecule has 1 N–H and O–H groups in total. The Morgan fingerprint density at radius 1 is 0.970 bits per heavy atom. The van der Waals surface area contributed by atoms with Gasteiger partial charge < -0.3 is 24.4 Å². The molecule has 0 aliphatic carbocycles. The Bertz CT molecular complexity index is 1110. The molecular weight excluding hydrogens is 444 g/mol. The largest absolute Gasteiger partial charge is 0.493 e. The maximum Gasteiger partial charge on any atom is 0.265 e. The van der Waals surface area contributed by atoms with Crippen LogP contribution in [0.4, 0.5) is 11.4 Å². The normalized spacial score (nSPS) is 12.5. The van der Waals surface area contributed by atoms with Gasteiger partial charge in [0.05, 0.1) is 25.3 Å². The fourth-order valence-corrected chi connectivity index (χ4v) is 3.44. The summed E-state index contributed by atoms with van der Waals surface area (Å²) in [5.74, 6) is 1.59. The monoisotopic (exact) mass is 466 g/mol. The third-order valence-corrected chi connectivity index (χ3v) is 5.18. The fourth-order valence-electron chi connectivity index (χ4n) is 3.31. The van der Waals surface area contributed by atoms with Crippen LogP contribution in [0.15, 0.2) is 72.8 Å². The molecule has 3 aromatic carbocycles. The summed E-state index contributed by atoms with van der Waals surface area (Å²) in [5.41, 5.74) is 1.16. The minimum atomic E-state index is -0.188. The van der Waals surface area contributed by atoms with E-state index in [1.54, 1.807) is 47.4 Å². The second-order valence-electron chi connectivity index (χ2n) is 7.28. The van der Waals surface area contributed by atoms with Crippen LogP contribution in [0.1, 0.15) is 6.42 Å². The maximum atomic E-state index is 12.5. The molecular formula is C25H23ClN2O5. The van der Waals surface area contributed by atoms with Gasteiger partial charge in [-0.2, -0.15) is 0 Å². The smallest absolute Gasteiger partial charge is 0.265 e. The lowest BCUT2D eigenvalue weighted by atomic mass is 10.2. The molecule has 0 saturated carbocycles. The summed E-state index contributed by atoms with van der Waals surface area (Å²) in [6, 6.07) is 21.6. The summed E-state index contributed by atoms with van der Waals surface area (Å²) in [4.78, 5) is 26.4. The van der Waals surface area contributed by atoms with Crippen molar-refractivity contribution in [1.29, 1.82) is 0 Å². The third-order valence-electron chi connectivity index (χ3n) is 4.92. The van der Waals surface area contributed by atoms with Crippen LogP contribution in [-0.4, -0.2) is 38.2 Å². The Morgan fingerprint density at radius 2 is 1.70 bits per heavy atom. The summed E-state index contributed by atoms with van der Waals surface area (Å²) >= 11 is 5.89. The van der Waals surface area contributed by atoms with Gasteiger partial charge in [0.25, 0.3) is 5.91 Å². The number of amides is 2. The highest BCUT2D eigenvalue weighted by Gasteiger charge is 2.26. The fraction of sp³-hybridized carbons (Fsp3) is 0.200. The lowest BCUT2D eigenvalue weighted by molar-refractivity contribution is -0.121. The van der Waals surface area contributed by atoms with Gasteiger partial charge >= 0.3 is 0 Å². The van der Waals surface area contributed by atoms with Gasteiger partial charge in [-0.1, -0.05) is 29.8 Å². The van der Waals surface area contributed by atoms with Gasteiger partial charge in [-0.05, 0) is 54.6 Å². The first-order valence-electron chi connectivity index (χ1n) is 10.5. The Morgan fingerprint density at radius 3 is 2.48 bits per heavy atom. The topological polar surface area (TPSA) is 77.1 Å². The predicted molar refractivity (Wildman–Crippen MR) is 126 cm³/mol. The zero-order valence-electron chi connectivity index (χ0n) is 17.8. The summed E-state index contributed by atoms with van der Waals surface area (Å²) in [6.07, 6.45) is 0.195. The number of halogens is 1. The molecule has 1 heterocycles. The van der Waals surface area contributed by atoms with Gasteiger partial charge in [0.15, 0.2) is 6.61 Å². The van der Waals surface area contributed by atoms with Gasteiger partial charge in [-0.25, -0.2) is 0 Å². The number of ether oxygens (including phenoxy) is 3. The molecule has 0 spiro atoms. The van der Waals surface area contributed by atoms with Crippen molar-refractivity contribution in [3.8, 4) is 17.2 Å². The van der Waals surface area contributed by atoms with Gasteiger partial charge in [0.2, 0.25) is 5.91 Å². The molecule has 0 radical (unpaired) electrons. The quantitative estimate of drug-likeness (QED) is 0.500. The summed E-state index contributed by atoms with van der Waals surface area (Å²) in [5, 5.41) is 3.47. The predicted octanol–water partition coefficient (Wildman–Crippen LogP) is 4.55. The zero-order valence-corrected chi connectivity index (χ0v) is 18.6. The van der Waals surface area contributed by atoms with E-state index in [0.717, 1.165) is 0 Å². The lowest BCUT2D eigenvalue weighted by Gasteiger charge is -2.29. The summed E-state index contributed by atoms with van der Waals surface area (Å²) < 4.78 is 16.8. The second kappa shape index (κ2) is 10.7. The summed E-state index contributed by atoms with van der Waals surface area (Å²) in [7, 11) is 0. The Hall–Kier alpha value is -3.71. The SMILES string of the molecule is O=C(CCOc1ccccc1)Nc1ccc2c(c1)N(CCOc1ccc(Cl)cc1)C(=O)CO2. The number of nitrogens with zero attached hydrogens (tertiary/aromatic N) is 1. The van der Waals surface area contributed by atoms with Crippen LogP contribution in [-0.2, 0) is 9.59 Å². The van der Waals surface area contributed by atoms with Crippen LogP contribution in [0.3, 0.4) is 0 Å². The zero-order chi connectivity index (χ0) is 23.0. The van der Waals surface area contributed by atoms with E-state index in [-0.39, 0.29) is 31.4 Å². The summed E-state index contributed by atoms with van der Waals surface area (Å²) in [6.45, 7) is 0.841. The van der Waals surface area contributed by atoms with Crippen molar-refractivity contribution in [2.24, 2.45) is 0 Å². The Labute approximate surface area is 196 Å². The maximum absolute atomic E-state index is 12.5. The van der Waals surface area contributed by atoms with Crippen LogP contribution < -0.4 is 24.4 Å². The first kappa shape index (κ1) is 22.5. The molecule has 1 aliphatic rings. The average molecular weight is 467 g/mol. The number of carbonyl (C=O) groups excluding carboxylic acids is 2. The molecule has 0 saturated heterocycles. The van der Waals surface area contributed by atoms with Gasteiger partial charge in [0.1, 0.15) is 23.9 Å². The molecule has 2 amide bonds. The lowest BCUT2D eigenvalue weighted by Crippen LogP contribution is -2.41. The standard InChI is InChI=1S/C25H23ClN2O5/c26-18-6-9-21(10-7-18)32-15-13-28-22-16-19(8-11-23(22)33-17-25(28)30)27-24(29)12-14-31-20-4-2-1-3-5-20/h1-11,16H,12-15,17H2,(H,27,29). The number of nitrogens with one attached hydrogen (secondary N) is 1. The van der Waals surface area contributed by atoms with E-state index in [1.165, 1.54) is 0 Å². The third kappa shape index (κ3) is 6.17. The Balaban J connectivity index is 1.34. The molecule has 0 atom stereocenters.